The second-order valence-corrected chi connectivity index (χ2v) is 4.44. The summed E-state index contributed by atoms with van der Waals surface area (Å²) in [5.41, 5.74) is 0.420. The lowest BCUT2D eigenvalue weighted by Gasteiger charge is -2.21. The number of rotatable bonds is 1. The van der Waals surface area contributed by atoms with Crippen LogP contribution in [0.4, 0.5) is 0 Å². The fourth-order valence-electron chi connectivity index (χ4n) is 2.20. The molecule has 1 aromatic rings. The summed E-state index contributed by atoms with van der Waals surface area (Å²) in [6, 6.07) is 0. The van der Waals surface area contributed by atoms with Crippen LogP contribution in [0, 0.1) is 0 Å². The third kappa shape index (κ3) is 2.15. The second-order valence-electron chi connectivity index (χ2n) is 4.44. The van der Waals surface area contributed by atoms with Gasteiger partial charge >= 0.3 is 0 Å². The number of nitrogens with one attached hydrogen (secondary N) is 1. The van der Waals surface area contributed by atoms with Crippen molar-refractivity contribution >= 4 is 5.91 Å². The standard InChI is InChI=1S/C12H15N3O3/c16-11-9-7-14-10(8-1-4-17-5-2-8)15-12(9)18-6-3-13-11/h7-8H,1-6H2,(H,13,16). The normalized spacial score (nSPS) is 20.6. The van der Waals surface area contributed by atoms with Gasteiger partial charge in [0.25, 0.3) is 5.91 Å². The van der Waals surface area contributed by atoms with Crippen molar-refractivity contribution in [1.82, 2.24) is 15.3 Å². The molecule has 1 saturated heterocycles. The minimum atomic E-state index is -0.166. The van der Waals surface area contributed by atoms with Crippen molar-refractivity contribution in [2.24, 2.45) is 0 Å². The zero-order valence-electron chi connectivity index (χ0n) is 10.0. The third-order valence-corrected chi connectivity index (χ3v) is 3.23. The van der Waals surface area contributed by atoms with Crippen molar-refractivity contribution in [3.8, 4) is 5.88 Å². The van der Waals surface area contributed by atoms with E-state index in [-0.39, 0.29) is 5.91 Å². The number of carbonyl (C=O) groups is 1. The summed E-state index contributed by atoms with van der Waals surface area (Å²) >= 11 is 0. The van der Waals surface area contributed by atoms with E-state index in [0.29, 0.717) is 30.5 Å². The Morgan fingerprint density at radius 1 is 1.28 bits per heavy atom. The zero-order chi connectivity index (χ0) is 12.4. The molecule has 2 aliphatic rings. The van der Waals surface area contributed by atoms with Gasteiger partial charge in [0.05, 0.1) is 6.54 Å². The summed E-state index contributed by atoms with van der Waals surface area (Å²) in [4.78, 5) is 20.4. The van der Waals surface area contributed by atoms with Crippen molar-refractivity contribution < 1.29 is 14.3 Å². The average Bonchev–Trinajstić information content (AvgIpc) is 2.61. The Balaban J connectivity index is 1.89. The quantitative estimate of drug-likeness (QED) is 0.784. The molecule has 0 radical (unpaired) electrons. The highest BCUT2D eigenvalue weighted by molar-refractivity contribution is 5.96. The molecule has 1 aromatic heterocycles. The highest BCUT2D eigenvalue weighted by atomic mass is 16.5. The Kier molecular flexibility index (Phi) is 3.10. The first-order chi connectivity index (χ1) is 8.84. The number of ether oxygens (including phenoxy) is 2. The molecule has 1 amide bonds. The number of hydrogen-bond acceptors (Lipinski definition) is 5. The maximum atomic E-state index is 11.7. The predicted octanol–water partition coefficient (Wildman–Crippen LogP) is 0.493. The van der Waals surface area contributed by atoms with Gasteiger partial charge in [0.1, 0.15) is 18.0 Å². The first kappa shape index (κ1) is 11.4. The molecular formula is C12H15N3O3. The van der Waals surface area contributed by atoms with E-state index < -0.39 is 0 Å². The van der Waals surface area contributed by atoms with Crippen LogP contribution in [0.25, 0.3) is 0 Å². The first-order valence-corrected chi connectivity index (χ1v) is 6.20. The molecule has 6 nitrogen and oxygen atoms in total. The molecule has 0 unspecified atom stereocenters. The average molecular weight is 249 g/mol. The summed E-state index contributed by atoms with van der Waals surface area (Å²) in [6.45, 7) is 2.43. The van der Waals surface area contributed by atoms with E-state index in [1.165, 1.54) is 0 Å². The van der Waals surface area contributed by atoms with E-state index in [4.69, 9.17) is 9.47 Å². The summed E-state index contributed by atoms with van der Waals surface area (Å²) in [5.74, 6) is 1.30. The number of amides is 1. The molecule has 6 heteroatoms. The van der Waals surface area contributed by atoms with Gasteiger partial charge in [0.15, 0.2) is 0 Å². The van der Waals surface area contributed by atoms with Crippen LogP contribution < -0.4 is 10.1 Å². The predicted molar refractivity (Wildman–Crippen MR) is 62.7 cm³/mol. The summed E-state index contributed by atoms with van der Waals surface area (Å²) < 4.78 is 10.8. The Morgan fingerprint density at radius 2 is 2.11 bits per heavy atom. The van der Waals surface area contributed by atoms with E-state index in [0.717, 1.165) is 31.9 Å². The Morgan fingerprint density at radius 3 is 2.94 bits per heavy atom. The van der Waals surface area contributed by atoms with E-state index in [2.05, 4.69) is 15.3 Å². The van der Waals surface area contributed by atoms with Crippen LogP contribution in [-0.2, 0) is 4.74 Å². The van der Waals surface area contributed by atoms with E-state index in [9.17, 15) is 4.79 Å². The number of fused-ring (bicyclic) bond motifs is 1. The highest BCUT2D eigenvalue weighted by Gasteiger charge is 2.23. The monoisotopic (exact) mass is 249 g/mol. The number of carbonyl (C=O) groups excluding carboxylic acids is 1. The molecule has 0 saturated carbocycles. The number of aromatic nitrogens is 2. The molecule has 1 N–H and O–H groups in total. The molecule has 3 heterocycles. The van der Waals surface area contributed by atoms with Gasteiger partial charge in [-0.2, -0.15) is 4.98 Å². The van der Waals surface area contributed by atoms with E-state index in [1.54, 1.807) is 6.20 Å². The molecule has 3 rings (SSSR count). The van der Waals surface area contributed by atoms with Gasteiger partial charge < -0.3 is 14.8 Å². The molecule has 1 fully saturated rings. The SMILES string of the molecule is O=C1NCCOc2nc(C3CCOCC3)ncc21. The van der Waals surface area contributed by atoms with Gasteiger partial charge in [-0.25, -0.2) is 4.98 Å². The summed E-state index contributed by atoms with van der Waals surface area (Å²) in [5, 5.41) is 2.74. The van der Waals surface area contributed by atoms with Gasteiger partial charge in [-0.1, -0.05) is 0 Å². The van der Waals surface area contributed by atoms with Crippen LogP contribution in [-0.4, -0.2) is 42.2 Å². The molecule has 2 aliphatic heterocycles. The summed E-state index contributed by atoms with van der Waals surface area (Å²) in [6.07, 6.45) is 3.41. The number of hydrogen-bond donors (Lipinski definition) is 1. The lowest BCUT2D eigenvalue weighted by Crippen LogP contribution is -2.24. The molecule has 0 atom stereocenters. The van der Waals surface area contributed by atoms with Crippen LogP contribution in [0.15, 0.2) is 6.20 Å². The van der Waals surface area contributed by atoms with Gasteiger partial charge in [-0.05, 0) is 12.8 Å². The maximum absolute atomic E-state index is 11.7. The zero-order valence-corrected chi connectivity index (χ0v) is 10.0. The van der Waals surface area contributed by atoms with Crippen molar-refractivity contribution in [3.05, 3.63) is 17.6 Å². The minimum Gasteiger partial charge on any atom is -0.475 e. The molecule has 0 spiro atoms. The second kappa shape index (κ2) is 4.89. The van der Waals surface area contributed by atoms with E-state index in [1.807, 2.05) is 0 Å². The van der Waals surface area contributed by atoms with Crippen LogP contribution in [0.5, 0.6) is 5.88 Å². The minimum absolute atomic E-state index is 0.166. The van der Waals surface area contributed by atoms with Crippen molar-refractivity contribution in [1.29, 1.82) is 0 Å². The topological polar surface area (TPSA) is 73.3 Å². The molecule has 0 aromatic carbocycles. The fourth-order valence-corrected chi connectivity index (χ4v) is 2.20. The van der Waals surface area contributed by atoms with Crippen molar-refractivity contribution in [3.63, 3.8) is 0 Å². The largest absolute Gasteiger partial charge is 0.475 e. The third-order valence-electron chi connectivity index (χ3n) is 3.23. The fraction of sp³-hybridized carbons (Fsp3) is 0.583. The van der Waals surface area contributed by atoms with E-state index >= 15 is 0 Å². The van der Waals surface area contributed by atoms with Gasteiger partial charge in [-0.15, -0.1) is 0 Å². The van der Waals surface area contributed by atoms with Crippen LogP contribution >= 0.6 is 0 Å². The first-order valence-electron chi connectivity index (χ1n) is 6.20. The van der Waals surface area contributed by atoms with Crippen LogP contribution in [0.1, 0.15) is 34.9 Å². The molecule has 96 valence electrons. The Hall–Kier alpha value is -1.69. The van der Waals surface area contributed by atoms with Gasteiger partial charge in [0.2, 0.25) is 5.88 Å². The Labute approximate surface area is 105 Å². The van der Waals surface area contributed by atoms with Crippen LogP contribution in [0.3, 0.4) is 0 Å². The molecule has 18 heavy (non-hydrogen) atoms. The van der Waals surface area contributed by atoms with Crippen molar-refractivity contribution in [2.45, 2.75) is 18.8 Å². The smallest absolute Gasteiger partial charge is 0.258 e. The molecular weight excluding hydrogens is 234 g/mol. The van der Waals surface area contributed by atoms with Gasteiger partial charge in [0, 0.05) is 25.3 Å². The van der Waals surface area contributed by atoms with Crippen molar-refractivity contribution in [2.75, 3.05) is 26.4 Å². The lowest BCUT2D eigenvalue weighted by molar-refractivity contribution is 0.0833. The number of nitrogens with zero attached hydrogens (tertiary/aromatic N) is 2. The molecule has 0 bridgehead atoms. The lowest BCUT2D eigenvalue weighted by atomic mass is 9.99. The van der Waals surface area contributed by atoms with Gasteiger partial charge in [-0.3, -0.25) is 4.79 Å². The Bertz CT molecular complexity index is 458. The van der Waals surface area contributed by atoms with Crippen LogP contribution in [0.2, 0.25) is 0 Å². The summed E-state index contributed by atoms with van der Waals surface area (Å²) in [7, 11) is 0. The highest BCUT2D eigenvalue weighted by Crippen LogP contribution is 2.26. The molecule has 0 aliphatic carbocycles. The maximum Gasteiger partial charge on any atom is 0.258 e.